The van der Waals surface area contributed by atoms with Crippen LogP contribution in [0.1, 0.15) is 108 Å². The van der Waals surface area contributed by atoms with Crippen LogP contribution in [0, 0.1) is 5.92 Å². The van der Waals surface area contributed by atoms with Crippen molar-refractivity contribution >= 4 is 68.7 Å². The van der Waals surface area contributed by atoms with Crippen LogP contribution >= 0.6 is 11.8 Å². The summed E-state index contributed by atoms with van der Waals surface area (Å²) in [6.45, 7) is 24.2. The van der Waals surface area contributed by atoms with E-state index in [1.54, 1.807) is 11.8 Å². The fraction of sp³-hybridized carbons (Fsp3) is 0.778. The first-order chi connectivity index (χ1) is 26.4. The molecule has 1 fully saturated rings. The molecule has 1 heterocycles. The maximum absolute atomic E-state index is 11.4. The predicted octanol–water partition coefficient (Wildman–Crippen LogP) is -2.04. The minimum absolute atomic E-state index is 0. The molecule has 2 radical (unpaired) electrons. The quantitative estimate of drug-likeness (QED) is 0.0408. The molecule has 1 aliphatic rings. The third-order valence-corrected chi connectivity index (χ3v) is 7.54. The largest absolute Gasteiger partial charge is 1.00 e. The van der Waals surface area contributed by atoms with Gasteiger partial charge in [0.2, 0.25) is 24.1 Å². The molecule has 0 spiro atoms. The average Bonchev–Trinajstić information content (AvgIpc) is 3.13. The summed E-state index contributed by atoms with van der Waals surface area (Å²) in [6.07, 6.45) is 1.82. The number of carbonyl (C=O) groups is 7. The number of rotatable bonds is 18. The smallest absolute Gasteiger partial charge is 0.545 e. The number of nitrogens with one attached hydrogen (secondary N) is 4. The molecule has 21 heteroatoms. The molecule has 57 heavy (non-hydrogen) atoms. The van der Waals surface area contributed by atoms with Crippen molar-refractivity contribution in [2.24, 2.45) is 5.92 Å². The molecule has 0 aromatic rings. The summed E-state index contributed by atoms with van der Waals surface area (Å²) >= 11 is 1.75. The van der Waals surface area contributed by atoms with Crippen LogP contribution < -0.4 is 50.8 Å². The summed E-state index contributed by atoms with van der Waals surface area (Å²) in [6, 6.07) is 0.120. The summed E-state index contributed by atoms with van der Waals surface area (Å²) in [5.74, 6) is -0.982. The first kappa shape index (κ1) is 72.1. The standard InChI is InChI=1S/C11H21N3O3.C8H16O2S.C6H10BNO3.C5H10O3.2C2H6.CH2O2.CHO.Na/c1-8(2)9(3)14-10(16)4-5-13-11(17)6-12-7-15;1-4-6(2)11-7(3)5-8(9)10;7-5(10)1-3-8-6(11)2-4-9;6-4-1-5(7)3-8-2-4;2*1-2;2-1-3;1-2;/h7-9H,4-6H2,1-3H3,(H,12,15)(H,13,17)(H,14,16);6-7H,4-5H2,1-3H3,(H,9,10);9H,1-4H2,(H,8,11);4-7H,1-3H2;2*1-2H3;1H,(H,2,3);1H;/q;;;;;;;-1;+1. The number of aliphatic hydroxyl groups is 3. The summed E-state index contributed by atoms with van der Waals surface area (Å²) in [5.41, 5.74) is -0.450. The van der Waals surface area contributed by atoms with E-state index in [-0.39, 0.29) is 117 Å². The van der Waals surface area contributed by atoms with E-state index in [0.29, 0.717) is 37.2 Å². The van der Waals surface area contributed by atoms with Crippen LogP contribution in [0.25, 0.3) is 0 Å². The third kappa shape index (κ3) is 71.6. The van der Waals surface area contributed by atoms with E-state index in [2.05, 4.69) is 41.9 Å². The molecule has 0 aromatic heterocycles. The fourth-order valence-electron chi connectivity index (χ4n) is 3.10. The van der Waals surface area contributed by atoms with Gasteiger partial charge >= 0.3 is 35.5 Å². The zero-order valence-electron chi connectivity index (χ0n) is 36.1. The van der Waals surface area contributed by atoms with Crippen molar-refractivity contribution < 1.29 is 98.2 Å². The molecule has 1 aliphatic heterocycles. The predicted molar refractivity (Wildman–Crippen MR) is 219 cm³/mol. The Morgan fingerprint density at radius 3 is 1.65 bits per heavy atom. The number of thioether (sulfide) groups is 1. The van der Waals surface area contributed by atoms with Crippen molar-refractivity contribution in [2.45, 2.75) is 137 Å². The normalized spacial score (nSPS) is 14.4. The van der Waals surface area contributed by atoms with E-state index < -0.39 is 23.9 Å². The second-order valence-corrected chi connectivity index (χ2v) is 13.1. The molecule has 4 amide bonds. The summed E-state index contributed by atoms with van der Waals surface area (Å²) in [7, 11) is 4.81. The van der Waals surface area contributed by atoms with Gasteiger partial charge in [-0.05, 0) is 19.3 Å². The Balaban J connectivity index is -0.0000000890. The molecule has 0 aromatic carbocycles. The first-order valence-electron chi connectivity index (χ1n) is 18.4. The van der Waals surface area contributed by atoms with E-state index in [9.17, 15) is 28.8 Å². The Bertz CT molecular complexity index is 955. The fourth-order valence-corrected chi connectivity index (χ4v) is 4.32. The van der Waals surface area contributed by atoms with E-state index in [4.69, 9.17) is 47.7 Å². The van der Waals surface area contributed by atoms with Crippen LogP contribution in [0.3, 0.4) is 0 Å². The van der Waals surface area contributed by atoms with Crippen LogP contribution in [0.2, 0.25) is 0 Å². The number of carboxylic acid groups (broad SMARTS) is 2. The molecule has 1 saturated heterocycles. The molecule has 5 unspecified atom stereocenters. The molecular weight excluding hydrogens is 778 g/mol. The van der Waals surface area contributed by atoms with Crippen molar-refractivity contribution in [3.63, 3.8) is 0 Å². The molecule has 0 aliphatic carbocycles. The monoisotopic (exact) mass is 850 g/mol. The number of aliphatic carboxylic acids is 1. The van der Waals surface area contributed by atoms with Crippen molar-refractivity contribution in [1.29, 1.82) is 0 Å². The Kier molecular flexibility index (Phi) is 73.0. The van der Waals surface area contributed by atoms with Gasteiger partial charge in [0.25, 0.3) is 6.47 Å². The van der Waals surface area contributed by atoms with Crippen molar-refractivity contribution in [2.75, 3.05) is 39.5 Å². The van der Waals surface area contributed by atoms with E-state index in [0.717, 1.165) is 6.42 Å². The Labute approximate surface area is 368 Å². The average molecular weight is 851 g/mol. The van der Waals surface area contributed by atoms with Crippen molar-refractivity contribution in [1.82, 2.24) is 21.3 Å². The van der Waals surface area contributed by atoms with E-state index >= 15 is 0 Å². The molecule has 0 bridgehead atoms. The molecule has 5 atom stereocenters. The molecular formula is C36H72BN4NaO14S. The number of amides is 4. The molecule has 1 rings (SSSR count). The molecule has 330 valence electrons. The van der Waals surface area contributed by atoms with Gasteiger partial charge in [0, 0.05) is 55.3 Å². The second-order valence-electron chi connectivity index (χ2n) is 11.2. The van der Waals surface area contributed by atoms with Gasteiger partial charge in [-0.15, -0.1) is 0 Å². The van der Waals surface area contributed by atoms with Crippen LogP contribution in [-0.4, -0.2) is 151 Å². The van der Waals surface area contributed by atoms with Gasteiger partial charge in [-0.25, -0.2) is 0 Å². The number of hydrogen-bond acceptors (Lipinski definition) is 13. The van der Waals surface area contributed by atoms with Gasteiger partial charge in [0.1, 0.15) is 0 Å². The zero-order valence-corrected chi connectivity index (χ0v) is 38.9. The van der Waals surface area contributed by atoms with Crippen molar-refractivity contribution in [3.8, 4) is 0 Å². The van der Waals surface area contributed by atoms with Gasteiger partial charge in [0.05, 0.1) is 50.7 Å². The van der Waals surface area contributed by atoms with Crippen molar-refractivity contribution in [3.05, 3.63) is 0 Å². The summed E-state index contributed by atoms with van der Waals surface area (Å²) in [4.78, 5) is 79.5. The SMILES string of the molecule is CC.CC.CC(C)C(C)NC(=O)CCNC(=O)CNC=O.CCC(C)SC(C)CC(=O)O.O=CO.OC1COCC(O)C1.[B]C(=O)CCNC(=O)CCO.[CH-]=O.[Na+]. The van der Waals surface area contributed by atoms with Crippen LogP contribution in [0.15, 0.2) is 0 Å². The third-order valence-electron chi connectivity index (χ3n) is 6.11. The van der Waals surface area contributed by atoms with E-state index in [1.165, 1.54) is 0 Å². The Hall–Kier alpha value is -2.59. The van der Waals surface area contributed by atoms with Gasteiger partial charge < -0.3 is 61.1 Å². The first-order valence-corrected chi connectivity index (χ1v) is 19.4. The Morgan fingerprint density at radius 2 is 1.30 bits per heavy atom. The Morgan fingerprint density at radius 1 is 0.842 bits per heavy atom. The second kappa shape index (κ2) is 57.7. The number of carbonyl (C=O) groups excluding carboxylic acids is 6. The number of carboxylic acids is 1. The molecule has 18 nitrogen and oxygen atoms in total. The summed E-state index contributed by atoms with van der Waals surface area (Å²) in [5, 5.41) is 52.1. The van der Waals surface area contributed by atoms with Gasteiger partial charge in [-0.3, -0.25) is 35.6 Å². The van der Waals surface area contributed by atoms with E-state index in [1.807, 2.05) is 55.4 Å². The van der Waals surface area contributed by atoms with Gasteiger partial charge in [0.15, 0.2) is 7.85 Å². The number of aliphatic hydroxyl groups excluding tert-OH is 3. The minimum atomic E-state index is -0.701. The number of hydrogen-bond donors (Lipinski definition) is 9. The van der Waals surface area contributed by atoms with Crippen LogP contribution in [-0.2, 0) is 43.1 Å². The van der Waals surface area contributed by atoms with Gasteiger partial charge in [-0.2, -0.15) is 11.8 Å². The van der Waals surface area contributed by atoms with Crippen LogP contribution in [0.5, 0.6) is 0 Å². The number of ether oxygens (including phenoxy) is 1. The maximum Gasteiger partial charge on any atom is 1.00 e. The molecule has 0 saturated carbocycles. The minimum Gasteiger partial charge on any atom is -0.545 e. The maximum atomic E-state index is 11.4. The zero-order chi connectivity index (χ0) is 45.5. The van der Waals surface area contributed by atoms with Crippen LogP contribution in [0.4, 0.5) is 0 Å². The molecule has 9 N–H and O–H groups in total. The summed E-state index contributed by atoms with van der Waals surface area (Å²) < 4.78 is 4.79. The topological polar surface area (TPSA) is 295 Å². The van der Waals surface area contributed by atoms with Gasteiger partial charge in [-0.1, -0.05) is 62.3 Å².